The number of urea groups is 1. The third kappa shape index (κ3) is 4.45. The van der Waals surface area contributed by atoms with E-state index in [0.29, 0.717) is 30.3 Å². The molecule has 1 aliphatic rings. The summed E-state index contributed by atoms with van der Waals surface area (Å²) in [7, 11) is 0. The molecule has 1 aromatic carbocycles. The molecule has 2 rings (SSSR count). The largest absolute Gasteiger partial charge is 0.336 e. The van der Waals surface area contributed by atoms with Crippen LogP contribution in [0.2, 0.25) is 0 Å². The monoisotopic (exact) mass is 318 g/mol. The SMILES string of the molecule is CC(C)NC(=O)Nc1ccc(C(=O)N2CC(CN)CC2C)cc1. The molecule has 1 fully saturated rings. The summed E-state index contributed by atoms with van der Waals surface area (Å²) in [6.07, 6.45) is 0.956. The second-order valence-electron chi connectivity index (χ2n) is 6.47. The first-order chi connectivity index (χ1) is 10.9. The maximum absolute atomic E-state index is 12.6. The van der Waals surface area contributed by atoms with E-state index in [4.69, 9.17) is 5.73 Å². The first-order valence-corrected chi connectivity index (χ1v) is 8.09. The van der Waals surface area contributed by atoms with Crippen LogP contribution in [0.3, 0.4) is 0 Å². The fourth-order valence-corrected chi connectivity index (χ4v) is 2.89. The van der Waals surface area contributed by atoms with Gasteiger partial charge < -0.3 is 21.3 Å². The predicted molar refractivity (Wildman–Crippen MR) is 91.4 cm³/mol. The highest BCUT2D eigenvalue weighted by Crippen LogP contribution is 2.24. The van der Waals surface area contributed by atoms with Crippen molar-refractivity contribution >= 4 is 17.6 Å². The number of nitrogens with one attached hydrogen (secondary N) is 2. The zero-order valence-electron chi connectivity index (χ0n) is 14.0. The third-order valence-electron chi connectivity index (χ3n) is 4.07. The summed E-state index contributed by atoms with van der Waals surface area (Å²) in [6, 6.07) is 7.01. The van der Waals surface area contributed by atoms with Gasteiger partial charge in [0.15, 0.2) is 0 Å². The van der Waals surface area contributed by atoms with E-state index < -0.39 is 0 Å². The molecule has 0 radical (unpaired) electrons. The summed E-state index contributed by atoms with van der Waals surface area (Å²) in [4.78, 5) is 26.1. The van der Waals surface area contributed by atoms with Crippen molar-refractivity contribution < 1.29 is 9.59 Å². The first kappa shape index (κ1) is 17.3. The van der Waals surface area contributed by atoms with Crippen LogP contribution in [0.5, 0.6) is 0 Å². The van der Waals surface area contributed by atoms with Crippen molar-refractivity contribution in [1.82, 2.24) is 10.2 Å². The summed E-state index contributed by atoms with van der Waals surface area (Å²) in [6.45, 7) is 7.18. The molecule has 23 heavy (non-hydrogen) atoms. The Morgan fingerprint density at radius 3 is 2.48 bits per heavy atom. The Hall–Kier alpha value is -2.08. The zero-order valence-corrected chi connectivity index (χ0v) is 14.0. The van der Waals surface area contributed by atoms with Crippen molar-refractivity contribution in [2.75, 3.05) is 18.4 Å². The molecule has 6 heteroatoms. The number of carbonyl (C=O) groups excluding carboxylic acids is 2. The third-order valence-corrected chi connectivity index (χ3v) is 4.07. The number of benzene rings is 1. The lowest BCUT2D eigenvalue weighted by atomic mass is 10.1. The molecule has 0 bridgehead atoms. The van der Waals surface area contributed by atoms with Crippen LogP contribution >= 0.6 is 0 Å². The van der Waals surface area contributed by atoms with Crippen molar-refractivity contribution in [2.24, 2.45) is 11.7 Å². The lowest BCUT2D eigenvalue weighted by Crippen LogP contribution is -2.35. The highest BCUT2D eigenvalue weighted by molar-refractivity contribution is 5.96. The van der Waals surface area contributed by atoms with Crippen LogP contribution in [0.1, 0.15) is 37.6 Å². The minimum Gasteiger partial charge on any atom is -0.336 e. The minimum atomic E-state index is -0.252. The van der Waals surface area contributed by atoms with Gasteiger partial charge in [0, 0.05) is 29.9 Å². The second kappa shape index (κ2) is 7.46. The number of hydrogen-bond donors (Lipinski definition) is 3. The van der Waals surface area contributed by atoms with E-state index in [0.717, 1.165) is 6.42 Å². The summed E-state index contributed by atoms with van der Waals surface area (Å²) < 4.78 is 0. The standard InChI is InChI=1S/C17H26N4O2/c1-11(2)19-17(23)20-15-6-4-14(5-7-15)16(22)21-10-13(9-18)8-12(21)3/h4-7,11-13H,8-10,18H2,1-3H3,(H2,19,20,23). The highest BCUT2D eigenvalue weighted by Gasteiger charge is 2.31. The lowest BCUT2D eigenvalue weighted by Gasteiger charge is -2.21. The zero-order chi connectivity index (χ0) is 17.0. The summed E-state index contributed by atoms with van der Waals surface area (Å²) in [5.41, 5.74) is 7.00. The number of likely N-dealkylation sites (tertiary alicyclic amines) is 1. The molecule has 0 aliphatic carbocycles. The minimum absolute atomic E-state index is 0.0200. The lowest BCUT2D eigenvalue weighted by molar-refractivity contribution is 0.0743. The highest BCUT2D eigenvalue weighted by atomic mass is 16.2. The molecule has 0 spiro atoms. The number of nitrogens with two attached hydrogens (primary N) is 1. The predicted octanol–water partition coefficient (Wildman–Crippen LogP) is 2.03. The van der Waals surface area contributed by atoms with Crippen molar-refractivity contribution in [3.63, 3.8) is 0 Å². The van der Waals surface area contributed by atoms with E-state index in [-0.39, 0.29) is 24.0 Å². The molecular formula is C17H26N4O2. The van der Waals surface area contributed by atoms with Crippen LogP contribution in [-0.2, 0) is 0 Å². The van der Waals surface area contributed by atoms with Gasteiger partial charge in [-0.1, -0.05) is 0 Å². The fraction of sp³-hybridized carbons (Fsp3) is 0.529. The van der Waals surface area contributed by atoms with Gasteiger partial charge in [-0.3, -0.25) is 4.79 Å². The normalized spacial score (nSPS) is 20.7. The summed E-state index contributed by atoms with van der Waals surface area (Å²) in [5.74, 6) is 0.404. The van der Waals surface area contributed by atoms with Crippen molar-refractivity contribution in [3.05, 3.63) is 29.8 Å². The maximum Gasteiger partial charge on any atom is 0.319 e. The molecular weight excluding hydrogens is 292 g/mol. The molecule has 3 amide bonds. The van der Waals surface area contributed by atoms with E-state index in [9.17, 15) is 9.59 Å². The number of amides is 3. The van der Waals surface area contributed by atoms with Crippen LogP contribution in [0.25, 0.3) is 0 Å². The molecule has 1 aromatic rings. The average molecular weight is 318 g/mol. The molecule has 6 nitrogen and oxygen atoms in total. The molecule has 0 saturated carbocycles. The Morgan fingerprint density at radius 2 is 1.96 bits per heavy atom. The molecule has 4 N–H and O–H groups in total. The van der Waals surface area contributed by atoms with Gasteiger partial charge in [-0.15, -0.1) is 0 Å². The summed E-state index contributed by atoms with van der Waals surface area (Å²) >= 11 is 0. The van der Waals surface area contributed by atoms with Gasteiger partial charge in [-0.2, -0.15) is 0 Å². The Kier molecular flexibility index (Phi) is 5.60. The van der Waals surface area contributed by atoms with E-state index in [1.165, 1.54) is 0 Å². The number of rotatable bonds is 4. The number of hydrogen-bond acceptors (Lipinski definition) is 3. The average Bonchev–Trinajstić information content (AvgIpc) is 2.87. The van der Waals surface area contributed by atoms with E-state index in [1.54, 1.807) is 24.3 Å². The van der Waals surface area contributed by atoms with Gasteiger partial charge in [0.05, 0.1) is 0 Å². The van der Waals surface area contributed by atoms with Crippen molar-refractivity contribution in [3.8, 4) is 0 Å². The van der Waals surface area contributed by atoms with E-state index >= 15 is 0 Å². The van der Waals surface area contributed by atoms with E-state index in [2.05, 4.69) is 17.6 Å². The number of nitrogens with zero attached hydrogens (tertiary/aromatic N) is 1. The Labute approximate surface area is 137 Å². The van der Waals surface area contributed by atoms with Gasteiger partial charge in [-0.05, 0) is 63.9 Å². The molecule has 2 unspecified atom stereocenters. The topological polar surface area (TPSA) is 87.5 Å². The quantitative estimate of drug-likeness (QED) is 0.794. The number of carbonyl (C=O) groups is 2. The van der Waals surface area contributed by atoms with Crippen LogP contribution in [0.4, 0.5) is 10.5 Å². The smallest absolute Gasteiger partial charge is 0.319 e. The van der Waals surface area contributed by atoms with Crippen LogP contribution < -0.4 is 16.4 Å². The Bertz CT molecular complexity index is 556. The Balaban J connectivity index is 1.99. The van der Waals surface area contributed by atoms with Gasteiger partial charge in [0.1, 0.15) is 0 Å². The van der Waals surface area contributed by atoms with Gasteiger partial charge in [-0.25, -0.2) is 4.79 Å². The fourth-order valence-electron chi connectivity index (χ4n) is 2.89. The Morgan fingerprint density at radius 1 is 1.30 bits per heavy atom. The second-order valence-corrected chi connectivity index (χ2v) is 6.47. The van der Waals surface area contributed by atoms with Gasteiger partial charge >= 0.3 is 6.03 Å². The molecule has 0 aromatic heterocycles. The van der Waals surface area contributed by atoms with Gasteiger partial charge in [0.25, 0.3) is 5.91 Å². The van der Waals surface area contributed by atoms with Crippen LogP contribution in [0, 0.1) is 5.92 Å². The van der Waals surface area contributed by atoms with E-state index in [1.807, 2.05) is 18.7 Å². The van der Waals surface area contributed by atoms with Gasteiger partial charge in [0.2, 0.25) is 0 Å². The molecule has 126 valence electrons. The summed E-state index contributed by atoms with van der Waals surface area (Å²) in [5, 5.41) is 5.50. The molecule has 1 aliphatic heterocycles. The molecule has 1 saturated heterocycles. The van der Waals surface area contributed by atoms with Crippen LogP contribution in [0.15, 0.2) is 24.3 Å². The first-order valence-electron chi connectivity index (χ1n) is 8.09. The maximum atomic E-state index is 12.6. The molecule has 2 atom stereocenters. The van der Waals surface area contributed by atoms with Crippen LogP contribution in [-0.4, -0.2) is 42.0 Å². The molecule has 1 heterocycles. The van der Waals surface area contributed by atoms with Crippen molar-refractivity contribution in [1.29, 1.82) is 0 Å². The van der Waals surface area contributed by atoms with Crippen molar-refractivity contribution in [2.45, 2.75) is 39.3 Å². The number of anilines is 1.